The van der Waals surface area contributed by atoms with Crippen molar-refractivity contribution in [3.63, 3.8) is 0 Å². The number of hydrogen-bond acceptors (Lipinski definition) is 7. The average molecular weight is 439 g/mol. The number of aromatic nitrogens is 4. The predicted octanol–water partition coefficient (Wildman–Crippen LogP) is 2.83. The molecule has 4 N–H and O–H groups in total. The van der Waals surface area contributed by atoms with Gasteiger partial charge in [0.15, 0.2) is 5.82 Å². The van der Waals surface area contributed by atoms with Crippen LogP contribution in [-0.2, 0) is 11.3 Å². The van der Waals surface area contributed by atoms with Crippen LogP contribution in [0.2, 0.25) is 0 Å². The molecule has 3 heterocycles. The summed E-state index contributed by atoms with van der Waals surface area (Å²) in [5, 5.41) is 10.7. The maximum atomic E-state index is 14.6. The van der Waals surface area contributed by atoms with Gasteiger partial charge in [-0.1, -0.05) is 6.08 Å². The Morgan fingerprint density at radius 1 is 1.41 bits per heavy atom. The Balaban J connectivity index is 1.54. The van der Waals surface area contributed by atoms with Crippen molar-refractivity contribution in [3.8, 4) is 0 Å². The minimum Gasteiger partial charge on any atom is -0.382 e. The normalized spacial score (nSPS) is 16.2. The molecule has 32 heavy (non-hydrogen) atoms. The maximum absolute atomic E-state index is 14.6. The van der Waals surface area contributed by atoms with Crippen molar-refractivity contribution in [3.05, 3.63) is 43.0 Å². The van der Waals surface area contributed by atoms with Crippen molar-refractivity contribution in [1.29, 1.82) is 0 Å². The van der Waals surface area contributed by atoms with Gasteiger partial charge in [0, 0.05) is 25.0 Å². The van der Waals surface area contributed by atoms with E-state index in [9.17, 15) is 9.18 Å². The van der Waals surface area contributed by atoms with Crippen LogP contribution in [0.1, 0.15) is 19.8 Å². The van der Waals surface area contributed by atoms with Crippen LogP contribution >= 0.6 is 0 Å². The second-order valence-corrected chi connectivity index (χ2v) is 7.78. The SMILES string of the molecule is C=CCn1ncc2cc(F)c(Nc3ncc(N4CCC[C@H](C(=O)NCC)C4)c(N)n3)cc21. The average Bonchev–Trinajstić information content (AvgIpc) is 3.16. The smallest absolute Gasteiger partial charge is 0.229 e. The number of nitrogens with one attached hydrogen (secondary N) is 2. The molecule has 10 heteroatoms. The highest BCUT2D eigenvalue weighted by Crippen LogP contribution is 2.29. The first-order chi connectivity index (χ1) is 15.5. The molecule has 168 valence electrons. The highest BCUT2D eigenvalue weighted by atomic mass is 19.1. The van der Waals surface area contributed by atoms with Crippen LogP contribution in [0.4, 0.5) is 27.5 Å². The van der Waals surface area contributed by atoms with E-state index in [0.717, 1.165) is 24.9 Å². The van der Waals surface area contributed by atoms with Gasteiger partial charge in [-0.2, -0.15) is 10.1 Å². The molecule has 1 amide bonds. The van der Waals surface area contributed by atoms with Gasteiger partial charge in [-0.25, -0.2) is 9.37 Å². The van der Waals surface area contributed by atoms with E-state index >= 15 is 0 Å². The second kappa shape index (κ2) is 9.21. The van der Waals surface area contributed by atoms with Crippen LogP contribution in [0.25, 0.3) is 10.9 Å². The maximum Gasteiger partial charge on any atom is 0.229 e. The molecule has 0 aliphatic carbocycles. The van der Waals surface area contributed by atoms with Crippen LogP contribution < -0.4 is 21.3 Å². The lowest BCUT2D eigenvalue weighted by Crippen LogP contribution is -2.43. The summed E-state index contributed by atoms with van der Waals surface area (Å²) in [6.07, 6.45) is 6.67. The molecule has 1 saturated heterocycles. The molecule has 4 rings (SSSR count). The Labute approximate surface area is 185 Å². The van der Waals surface area contributed by atoms with Crippen molar-refractivity contribution in [2.24, 2.45) is 5.92 Å². The van der Waals surface area contributed by atoms with Crippen molar-refractivity contribution in [1.82, 2.24) is 25.1 Å². The summed E-state index contributed by atoms with van der Waals surface area (Å²) in [5.74, 6) is -0.0183. The minimum atomic E-state index is -0.442. The highest BCUT2D eigenvalue weighted by Gasteiger charge is 2.27. The third kappa shape index (κ3) is 4.34. The van der Waals surface area contributed by atoms with Gasteiger partial charge in [-0.3, -0.25) is 9.48 Å². The van der Waals surface area contributed by atoms with E-state index < -0.39 is 5.82 Å². The summed E-state index contributed by atoms with van der Waals surface area (Å²) in [7, 11) is 0. The lowest BCUT2D eigenvalue weighted by Gasteiger charge is -2.33. The van der Waals surface area contributed by atoms with E-state index in [1.807, 2.05) is 11.8 Å². The van der Waals surface area contributed by atoms with Crippen molar-refractivity contribution in [2.75, 3.05) is 35.6 Å². The fourth-order valence-electron chi connectivity index (χ4n) is 4.00. The van der Waals surface area contributed by atoms with Crippen LogP contribution in [0.5, 0.6) is 0 Å². The first-order valence-electron chi connectivity index (χ1n) is 10.7. The summed E-state index contributed by atoms with van der Waals surface area (Å²) in [6, 6.07) is 3.08. The summed E-state index contributed by atoms with van der Waals surface area (Å²) < 4.78 is 16.3. The number of piperidine rings is 1. The lowest BCUT2D eigenvalue weighted by atomic mass is 9.97. The second-order valence-electron chi connectivity index (χ2n) is 7.78. The van der Waals surface area contributed by atoms with Gasteiger partial charge in [0.2, 0.25) is 11.9 Å². The number of halogens is 1. The van der Waals surface area contributed by atoms with Gasteiger partial charge in [-0.15, -0.1) is 6.58 Å². The van der Waals surface area contributed by atoms with E-state index in [4.69, 9.17) is 5.73 Å². The van der Waals surface area contributed by atoms with Gasteiger partial charge in [0.1, 0.15) is 5.82 Å². The molecular weight excluding hydrogens is 411 g/mol. The van der Waals surface area contributed by atoms with Gasteiger partial charge >= 0.3 is 0 Å². The molecule has 1 aromatic carbocycles. The number of amides is 1. The predicted molar refractivity (Wildman–Crippen MR) is 123 cm³/mol. The fourth-order valence-corrected chi connectivity index (χ4v) is 4.00. The molecular formula is C22H27FN8O. The Kier molecular flexibility index (Phi) is 6.20. The molecule has 1 fully saturated rings. The quantitative estimate of drug-likeness (QED) is 0.486. The molecule has 3 aromatic rings. The van der Waals surface area contributed by atoms with Gasteiger partial charge in [0.05, 0.1) is 41.7 Å². The molecule has 9 nitrogen and oxygen atoms in total. The number of nitrogens with zero attached hydrogens (tertiary/aromatic N) is 5. The minimum absolute atomic E-state index is 0.0524. The number of hydrogen-bond donors (Lipinski definition) is 3. The van der Waals surface area contributed by atoms with E-state index in [0.29, 0.717) is 30.7 Å². The summed E-state index contributed by atoms with van der Waals surface area (Å²) in [5.41, 5.74) is 7.87. The number of benzene rings is 1. The molecule has 0 radical (unpaired) electrons. The van der Waals surface area contributed by atoms with E-state index in [1.165, 1.54) is 6.07 Å². The van der Waals surface area contributed by atoms with E-state index in [2.05, 4.69) is 32.3 Å². The fraction of sp³-hybridized carbons (Fsp3) is 0.364. The number of rotatable bonds is 7. The molecule has 1 aliphatic heterocycles. The molecule has 1 atom stereocenters. The van der Waals surface area contributed by atoms with Crippen LogP contribution in [-0.4, -0.2) is 45.3 Å². The first-order valence-corrected chi connectivity index (χ1v) is 10.7. The number of anilines is 4. The molecule has 0 bridgehead atoms. The van der Waals surface area contributed by atoms with Crippen molar-refractivity contribution < 1.29 is 9.18 Å². The third-order valence-corrected chi connectivity index (χ3v) is 5.56. The molecule has 0 unspecified atom stereocenters. The van der Waals surface area contributed by atoms with Gasteiger partial charge in [-0.05, 0) is 31.9 Å². The number of nitrogens with two attached hydrogens (primary N) is 1. The van der Waals surface area contributed by atoms with Crippen LogP contribution in [0, 0.1) is 11.7 Å². The third-order valence-electron chi connectivity index (χ3n) is 5.56. The van der Waals surface area contributed by atoms with Crippen LogP contribution in [0.15, 0.2) is 37.2 Å². The van der Waals surface area contributed by atoms with Crippen molar-refractivity contribution in [2.45, 2.75) is 26.3 Å². The largest absolute Gasteiger partial charge is 0.382 e. The zero-order chi connectivity index (χ0) is 22.7. The zero-order valence-electron chi connectivity index (χ0n) is 18.0. The summed E-state index contributed by atoms with van der Waals surface area (Å²) in [6.45, 7) is 8.08. The highest BCUT2D eigenvalue weighted by molar-refractivity contribution is 5.83. The monoisotopic (exact) mass is 438 g/mol. The lowest BCUT2D eigenvalue weighted by molar-refractivity contribution is -0.125. The number of nitrogen functional groups attached to an aromatic ring is 1. The Morgan fingerprint density at radius 3 is 3.00 bits per heavy atom. The Bertz CT molecular complexity index is 1140. The van der Waals surface area contributed by atoms with Gasteiger partial charge < -0.3 is 21.3 Å². The summed E-state index contributed by atoms with van der Waals surface area (Å²) >= 11 is 0. The topological polar surface area (TPSA) is 114 Å². The zero-order valence-corrected chi connectivity index (χ0v) is 18.0. The number of allylic oxidation sites excluding steroid dienone is 1. The van der Waals surface area contributed by atoms with Gasteiger partial charge in [0.25, 0.3) is 0 Å². The number of carbonyl (C=O) groups is 1. The van der Waals surface area contributed by atoms with E-state index in [-0.39, 0.29) is 29.3 Å². The molecule has 0 spiro atoms. The summed E-state index contributed by atoms with van der Waals surface area (Å²) in [4.78, 5) is 22.9. The van der Waals surface area contributed by atoms with Crippen molar-refractivity contribution >= 4 is 40.0 Å². The molecule has 1 aliphatic rings. The first kappa shape index (κ1) is 21.5. The standard InChI is InChI=1S/C22H27FN8O/c1-3-7-31-18-10-17(16(23)9-15(18)11-27-31)28-22-26-12-19(20(24)29-22)30-8-5-6-14(13-30)21(32)25-4-2/h3,9-12,14H,1,4-8,13H2,2H3,(H,25,32)(H3,24,26,28,29)/t14-/m0/s1. The van der Waals surface area contributed by atoms with E-state index in [1.54, 1.807) is 29.2 Å². The molecule has 2 aromatic heterocycles. The Morgan fingerprint density at radius 2 is 2.25 bits per heavy atom. The molecule has 0 saturated carbocycles. The Hall–Kier alpha value is -3.69. The number of fused-ring (bicyclic) bond motifs is 1. The van der Waals surface area contributed by atoms with Crippen LogP contribution in [0.3, 0.4) is 0 Å². The number of carbonyl (C=O) groups excluding carboxylic acids is 1.